The number of benzene rings is 1. The predicted octanol–water partition coefficient (Wildman–Crippen LogP) is 4.69. The quantitative estimate of drug-likeness (QED) is 0.352. The van der Waals surface area contributed by atoms with E-state index >= 15 is 0 Å². The van der Waals surface area contributed by atoms with Gasteiger partial charge in [0.2, 0.25) is 0 Å². The summed E-state index contributed by atoms with van der Waals surface area (Å²) >= 11 is 0. The smallest absolute Gasteiger partial charge is 0.310 e. The highest BCUT2D eigenvalue weighted by Gasteiger charge is 2.50. The maximum absolute atomic E-state index is 14.5. The minimum Gasteiger partial charge on any atom is -0.469 e. The molecular weight excluding hydrogens is 535 g/mol. The van der Waals surface area contributed by atoms with Gasteiger partial charge in [-0.15, -0.1) is 0 Å². The molecule has 10 heteroatoms. The fourth-order valence-corrected chi connectivity index (χ4v) is 6.19. The van der Waals surface area contributed by atoms with Crippen LogP contribution < -0.4 is 9.80 Å². The van der Waals surface area contributed by atoms with Crippen molar-refractivity contribution in [2.24, 2.45) is 15.4 Å². The van der Waals surface area contributed by atoms with Gasteiger partial charge in [-0.25, -0.2) is 19.4 Å². The van der Waals surface area contributed by atoms with Crippen LogP contribution in [0.4, 0.5) is 15.9 Å². The van der Waals surface area contributed by atoms with Gasteiger partial charge in [-0.1, -0.05) is 18.6 Å². The number of anilines is 2. The number of methoxy groups -OCH3 is 1. The minimum absolute atomic E-state index is 0.119. The molecule has 1 amide bonds. The number of esters is 1. The van der Waals surface area contributed by atoms with E-state index in [1.54, 1.807) is 26.1 Å². The van der Waals surface area contributed by atoms with Gasteiger partial charge < -0.3 is 19.4 Å². The third-order valence-corrected chi connectivity index (χ3v) is 8.80. The van der Waals surface area contributed by atoms with Crippen LogP contribution >= 0.6 is 0 Å². The Hall–Kier alpha value is -4.08. The zero-order chi connectivity index (χ0) is 30.2. The zero-order valence-electron chi connectivity index (χ0n) is 25.1. The number of aryl methyl sites for hydroxylation is 1. The standard InChI is InChI=1S/C32H39FN6O3/c1-21-8-10-24(17-25(21)33)38-20-32(12-7-13-32)28(29(38)34-5)36-22(2)30(41)39-15-14-37(19-31(39,3)4)26-11-9-23(18-35-26)16-27(40)42-6/h8-11,17-18H,5,7,12-16,19-20H2,1-4,6H3/b36-22+. The third-order valence-electron chi connectivity index (χ3n) is 8.80. The molecule has 1 aromatic carbocycles. The molecule has 222 valence electrons. The monoisotopic (exact) mass is 574 g/mol. The van der Waals surface area contributed by atoms with Crippen LogP contribution in [-0.4, -0.2) is 73.0 Å². The van der Waals surface area contributed by atoms with Gasteiger partial charge in [0.25, 0.3) is 5.91 Å². The van der Waals surface area contributed by atoms with E-state index in [0.29, 0.717) is 49.0 Å². The van der Waals surface area contributed by atoms with Crippen LogP contribution in [0.3, 0.4) is 0 Å². The van der Waals surface area contributed by atoms with Crippen LogP contribution in [0.2, 0.25) is 0 Å². The highest BCUT2D eigenvalue weighted by molar-refractivity contribution is 6.38. The molecule has 3 heterocycles. The Morgan fingerprint density at radius 2 is 1.90 bits per heavy atom. The van der Waals surface area contributed by atoms with Crippen molar-refractivity contribution >= 4 is 35.8 Å². The predicted molar refractivity (Wildman–Crippen MR) is 162 cm³/mol. The second kappa shape index (κ2) is 11.3. The van der Waals surface area contributed by atoms with Gasteiger partial charge in [0, 0.05) is 43.5 Å². The SMILES string of the molecule is C=NC1=C(/N=C(\C)C(=O)N2CCN(c3ccc(CC(=O)OC)cn3)CC2(C)C)C2(CCC2)CN1c1ccc(C)c(F)c1. The number of rotatable bonds is 7. The molecule has 1 aromatic heterocycles. The van der Waals surface area contributed by atoms with E-state index < -0.39 is 5.54 Å². The lowest BCUT2D eigenvalue weighted by atomic mass is 9.67. The molecule has 2 fully saturated rings. The summed E-state index contributed by atoms with van der Waals surface area (Å²) in [5, 5.41) is 0. The highest BCUT2D eigenvalue weighted by Crippen LogP contribution is 2.54. The maximum Gasteiger partial charge on any atom is 0.310 e. The first-order valence-electron chi connectivity index (χ1n) is 14.4. The lowest BCUT2D eigenvalue weighted by Gasteiger charge is -2.47. The van der Waals surface area contributed by atoms with E-state index in [-0.39, 0.29) is 29.5 Å². The summed E-state index contributed by atoms with van der Waals surface area (Å²) in [6, 6.07) is 8.97. The number of ether oxygens (including phenoxy) is 1. The molecule has 0 radical (unpaired) electrons. The maximum atomic E-state index is 14.5. The number of hydrogen-bond acceptors (Lipinski definition) is 8. The summed E-state index contributed by atoms with van der Waals surface area (Å²) < 4.78 is 19.2. The Morgan fingerprint density at radius 1 is 1.14 bits per heavy atom. The van der Waals surface area contributed by atoms with E-state index in [2.05, 4.69) is 21.6 Å². The number of amides is 1. The van der Waals surface area contributed by atoms with E-state index in [1.807, 2.05) is 41.8 Å². The molecule has 0 N–H and O–H groups in total. The van der Waals surface area contributed by atoms with Gasteiger partial charge in [-0.3, -0.25) is 9.59 Å². The zero-order valence-corrected chi connectivity index (χ0v) is 25.1. The molecular formula is C32H39FN6O3. The molecule has 1 saturated carbocycles. The van der Waals surface area contributed by atoms with Crippen LogP contribution in [0.1, 0.15) is 51.2 Å². The van der Waals surface area contributed by atoms with Gasteiger partial charge >= 0.3 is 5.97 Å². The Balaban J connectivity index is 1.35. The number of pyridine rings is 1. The van der Waals surface area contributed by atoms with Crippen molar-refractivity contribution in [1.82, 2.24) is 9.88 Å². The van der Waals surface area contributed by atoms with Crippen molar-refractivity contribution in [2.75, 3.05) is 43.1 Å². The van der Waals surface area contributed by atoms with Crippen LogP contribution in [0.25, 0.3) is 0 Å². The summed E-state index contributed by atoms with van der Waals surface area (Å²) in [6.45, 7) is 13.8. The van der Waals surface area contributed by atoms with Crippen LogP contribution in [0, 0.1) is 18.2 Å². The molecule has 3 aliphatic rings. The molecule has 2 aliphatic heterocycles. The van der Waals surface area contributed by atoms with Crippen molar-refractivity contribution in [3.05, 3.63) is 65.0 Å². The number of aromatic nitrogens is 1. The van der Waals surface area contributed by atoms with Crippen molar-refractivity contribution in [1.29, 1.82) is 0 Å². The van der Waals surface area contributed by atoms with E-state index in [1.165, 1.54) is 13.2 Å². The lowest BCUT2D eigenvalue weighted by molar-refractivity contribution is -0.139. The molecule has 2 aromatic rings. The van der Waals surface area contributed by atoms with E-state index in [9.17, 15) is 14.0 Å². The molecule has 1 spiro atoms. The number of hydrogen-bond donors (Lipinski definition) is 0. The van der Waals surface area contributed by atoms with Gasteiger partial charge in [-0.05, 0) is 76.6 Å². The minimum atomic E-state index is -0.484. The summed E-state index contributed by atoms with van der Waals surface area (Å²) in [4.78, 5) is 45.3. The molecule has 0 unspecified atom stereocenters. The molecule has 0 atom stereocenters. The number of carbonyl (C=O) groups is 2. The number of halogens is 1. The molecule has 9 nitrogen and oxygen atoms in total. The number of carbonyl (C=O) groups excluding carboxylic acids is 2. The second-order valence-corrected chi connectivity index (χ2v) is 12.1. The highest BCUT2D eigenvalue weighted by atomic mass is 19.1. The molecule has 1 saturated heterocycles. The lowest BCUT2D eigenvalue weighted by Crippen LogP contribution is -2.62. The fourth-order valence-electron chi connectivity index (χ4n) is 6.19. The summed E-state index contributed by atoms with van der Waals surface area (Å²) in [5.41, 5.74) is 2.55. The van der Waals surface area contributed by atoms with E-state index in [0.717, 1.165) is 36.3 Å². The first-order chi connectivity index (χ1) is 20.0. The topological polar surface area (TPSA) is 90.7 Å². The largest absolute Gasteiger partial charge is 0.469 e. The first-order valence-corrected chi connectivity index (χ1v) is 14.4. The fraction of sp³-hybridized carbons (Fsp3) is 0.469. The average molecular weight is 575 g/mol. The Morgan fingerprint density at radius 3 is 2.48 bits per heavy atom. The molecule has 0 bridgehead atoms. The molecule has 42 heavy (non-hydrogen) atoms. The number of nitrogens with zero attached hydrogens (tertiary/aromatic N) is 6. The average Bonchev–Trinajstić information content (AvgIpc) is 3.28. The van der Waals surface area contributed by atoms with Crippen molar-refractivity contribution < 1.29 is 18.7 Å². The van der Waals surface area contributed by atoms with Crippen molar-refractivity contribution in [2.45, 2.75) is 58.9 Å². The normalized spacial score (nSPS) is 19.7. The van der Waals surface area contributed by atoms with Crippen molar-refractivity contribution in [3.8, 4) is 0 Å². The molecule has 5 rings (SSSR count). The van der Waals surface area contributed by atoms with E-state index in [4.69, 9.17) is 9.73 Å². The Kier molecular flexibility index (Phi) is 7.92. The Labute approximate surface area is 246 Å². The van der Waals surface area contributed by atoms with Crippen LogP contribution in [0.15, 0.2) is 58.0 Å². The Bertz CT molecular complexity index is 1460. The summed E-state index contributed by atoms with van der Waals surface area (Å²) in [7, 11) is 1.37. The summed E-state index contributed by atoms with van der Waals surface area (Å²) in [5.74, 6) is 0.698. The van der Waals surface area contributed by atoms with Crippen LogP contribution in [-0.2, 0) is 20.7 Å². The second-order valence-electron chi connectivity index (χ2n) is 12.1. The van der Waals surface area contributed by atoms with Gasteiger partial charge in [0.15, 0.2) is 5.82 Å². The van der Waals surface area contributed by atoms with Gasteiger partial charge in [-0.2, -0.15) is 0 Å². The van der Waals surface area contributed by atoms with Crippen molar-refractivity contribution in [3.63, 3.8) is 0 Å². The number of aliphatic imine (C=N–C) groups is 2. The third kappa shape index (κ3) is 5.42. The molecule has 1 aliphatic carbocycles. The van der Waals surface area contributed by atoms with Crippen LogP contribution in [0.5, 0.6) is 0 Å². The van der Waals surface area contributed by atoms with Gasteiger partial charge in [0.1, 0.15) is 17.3 Å². The first kappa shape index (κ1) is 29.4. The summed E-state index contributed by atoms with van der Waals surface area (Å²) in [6.07, 6.45) is 4.81. The van der Waals surface area contributed by atoms with Gasteiger partial charge in [0.05, 0.1) is 24.8 Å². The number of piperazine rings is 1.